The number of benzene rings is 1. The van der Waals surface area contributed by atoms with E-state index in [1.54, 1.807) is 0 Å². The third-order valence-corrected chi connectivity index (χ3v) is 3.57. The molecule has 3 nitrogen and oxygen atoms in total. The molecule has 1 aliphatic carbocycles. The lowest BCUT2D eigenvalue weighted by Crippen LogP contribution is -2.15. The molecule has 0 bridgehead atoms. The van der Waals surface area contributed by atoms with Crippen LogP contribution in [0, 0.1) is 0 Å². The summed E-state index contributed by atoms with van der Waals surface area (Å²) < 4.78 is 2.17. The lowest BCUT2D eigenvalue weighted by atomic mass is 10.1. The van der Waals surface area contributed by atoms with E-state index in [1.165, 1.54) is 24.1 Å². The van der Waals surface area contributed by atoms with Crippen LogP contribution in [0.3, 0.4) is 0 Å². The van der Waals surface area contributed by atoms with Crippen molar-refractivity contribution in [2.45, 2.75) is 45.2 Å². The van der Waals surface area contributed by atoms with Crippen LogP contribution in [0.2, 0.25) is 0 Å². The van der Waals surface area contributed by atoms with Gasteiger partial charge in [0, 0.05) is 36.6 Å². The van der Waals surface area contributed by atoms with Crippen molar-refractivity contribution in [3.05, 3.63) is 48.0 Å². The molecule has 1 heterocycles. The van der Waals surface area contributed by atoms with Gasteiger partial charge in [-0.3, -0.25) is 0 Å². The van der Waals surface area contributed by atoms with Gasteiger partial charge < -0.3 is 9.88 Å². The highest BCUT2D eigenvalue weighted by Gasteiger charge is 2.19. The molecule has 0 saturated heterocycles. The first-order valence-electron chi connectivity index (χ1n) is 7.10. The van der Waals surface area contributed by atoms with E-state index in [9.17, 15) is 0 Å². The fourth-order valence-electron chi connectivity index (χ4n) is 2.28. The lowest BCUT2D eigenvalue weighted by Gasteiger charge is -2.11. The quantitative estimate of drug-likeness (QED) is 0.889. The summed E-state index contributed by atoms with van der Waals surface area (Å²) in [6.07, 6.45) is 6.58. The van der Waals surface area contributed by atoms with E-state index < -0.39 is 0 Å². The Balaban J connectivity index is 1.75. The van der Waals surface area contributed by atoms with E-state index >= 15 is 0 Å². The maximum Gasteiger partial charge on any atom is 0.115 e. The highest BCUT2D eigenvalue weighted by molar-refractivity contribution is 5.36. The van der Waals surface area contributed by atoms with Crippen molar-refractivity contribution in [3.63, 3.8) is 0 Å². The zero-order valence-corrected chi connectivity index (χ0v) is 11.6. The Morgan fingerprint density at radius 3 is 2.63 bits per heavy atom. The first-order chi connectivity index (χ1) is 9.24. The predicted octanol–water partition coefficient (Wildman–Crippen LogP) is 3.25. The number of aromatic nitrogens is 2. The van der Waals surface area contributed by atoms with Crippen LogP contribution in [0.25, 0.3) is 5.69 Å². The number of hydrogen-bond acceptors (Lipinski definition) is 2. The zero-order chi connectivity index (χ0) is 13.2. The predicted molar refractivity (Wildman–Crippen MR) is 77.5 cm³/mol. The van der Waals surface area contributed by atoms with Crippen molar-refractivity contribution in [3.8, 4) is 5.69 Å². The smallest absolute Gasteiger partial charge is 0.115 e. The zero-order valence-electron chi connectivity index (χ0n) is 11.6. The van der Waals surface area contributed by atoms with Crippen molar-refractivity contribution >= 4 is 0 Å². The van der Waals surface area contributed by atoms with Crippen LogP contribution in [-0.4, -0.2) is 15.6 Å². The van der Waals surface area contributed by atoms with Crippen LogP contribution in [0.15, 0.2) is 36.7 Å². The third kappa shape index (κ3) is 2.87. The van der Waals surface area contributed by atoms with E-state index in [0.29, 0.717) is 5.92 Å². The van der Waals surface area contributed by atoms with Crippen molar-refractivity contribution in [1.82, 2.24) is 14.9 Å². The summed E-state index contributed by atoms with van der Waals surface area (Å²) in [5.41, 5.74) is 2.54. The molecule has 0 atom stereocenters. The maximum atomic E-state index is 4.43. The Hall–Kier alpha value is -1.61. The molecule has 0 radical (unpaired) electrons. The second-order valence-corrected chi connectivity index (χ2v) is 5.63. The second kappa shape index (κ2) is 5.17. The van der Waals surface area contributed by atoms with Gasteiger partial charge in [-0.15, -0.1) is 0 Å². The number of nitrogens with zero attached hydrogens (tertiary/aromatic N) is 2. The summed E-state index contributed by atoms with van der Waals surface area (Å²) in [5, 5.41) is 3.54. The molecule has 19 heavy (non-hydrogen) atoms. The summed E-state index contributed by atoms with van der Waals surface area (Å²) in [6.45, 7) is 5.32. The van der Waals surface area contributed by atoms with Gasteiger partial charge in [0.1, 0.15) is 5.82 Å². The van der Waals surface area contributed by atoms with Gasteiger partial charge in [0.25, 0.3) is 0 Å². The summed E-state index contributed by atoms with van der Waals surface area (Å²) in [5.74, 6) is 1.55. The Bertz CT molecular complexity index is 535. The van der Waals surface area contributed by atoms with E-state index in [0.717, 1.165) is 18.4 Å². The third-order valence-electron chi connectivity index (χ3n) is 3.57. The molecule has 0 unspecified atom stereocenters. The first-order valence-corrected chi connectivity index (χ1v) is 7.10. The van der Waals surface area contributed by atoms with Crippen LogP contribution < -0.4 is 5.32 Å². The van der Waals surface area contributed by atoms with Crippen LogP contribution in [0.4, 0.5) is 0 Å². The second-order valence-electron chi connectivity index (χ2n) is 5.63. The van der Waals surface area contributed by atoms with E-state index in [4.69, 9.17) is 0 Å². The summed E-state index contributed by atoms with van der Waals surface area (Å²) in [4.78, 5) is 4.43. The normalized spacial score (nSPS) is 15.1. The largest absolute Gasteiger partial charge is 0.310 e. The van der Waals surface area contributed by atoms with Gasteiger partial charge in [-0.1, -0.05) is 26.0 Å². The Kier molecular flexibility index (Phi) is 3.38. The summed E-state index contributed by atoms with van der Waals surface area (Å²) in [7, 11) is 0. The first kappa shape index (κ1) is 12.4. The van der Waals surface area contributed by atoms with Gasteiger partial charge in [0.05, 0.1) is 0 Å². The van der Waals surface area contributed by atoms with Gasteiger partial charge in [-0.2, -0.15) is 0 Å². The fraction of sp³-hybridized carbons (Fsp3) is 0.438. The molecule has 1 aliphatic rings. The van der Waals surface area contributed by atoms with Gasteiger partial charge in [-0.05, 0) is 30.5 Å². The maximum absolute atomic E-state index is 4.43. The molecule has 0 spiro atoms. The van der Waals surface area contributed by atoms with Crippen molar-refractivity contribution in [2.75, 3.05) is 0 Å². The fourth-order valence-corrected chi connectivity index (χ4v) is 2.28. The molecular weight excluding hydrogens is 234 g/mol. The van der Waals surface area contributed by atoms with E-state index in [1.807, 2.05) is 12.4 Å². The molecule has 3 rings (SSSR count). The highest BCUT2D eigenvalue weighted by atomic mass is 15.1. The molecule has 1 saturated carbocycles. The van der Waals surface area contributed by atoms with Crippen LogP contribution in [-0.2, 0) is 6.54 Å². The Morgan fingerprint density at radius 2 is 2.00 bits per heavy atom. The molecule has 3 heteroatoms. The van der Waals surface area contributed by atoms with Gasteiger partial charge in [0.15, 0.2) is 0 Å². The molecule has 1 fully saturated rings. The van der Waals surface area contributed by atoms with Crippen LogP contribution in [0.1, 0.15) is 44.0 Å². The number of hydrogen-bond donors (Lipinski definition) is 1. The highest BCUT2D eigenvalue weighted by Crippen LogP contribution is 2.20. The van der Waals surface area contributed by atoms with E-state index in [2.05, 4.69) is 53.0 Å². The average molecular weight is 255 g/mol. The standard InChI is InChI=1S/C16H21N3/c1-12(2)16-17-9-10-19(16)15-7-3-13(4-8-15)11-18-14-5-6-14/h3-4,7-10,12,14,18H,5-6,11H2,1-2H3. The van der Waals surface area contributed by atoms with Gasteiger partial charge >= 0.3 is 0 Å². The minimum Gasteiger partial charge on any atom is -0.310 e. The number of rotatable bonds is 5. The summed E-state index contributed by atoms with van der Waals surface area (Å²) in [6, 6.07) is 9.53. The summed E-state index contributed by atoms with van der Waals surface area (Å²) >= 11 is 0. The molecule has 0 amide bonds. The SMILES string of the molecule is CC(C)c1nccn1-c1ccc(CNC2CC2)cc1. The Labute approximate surface area is 114 Å². The van der Waals surface area contributed by atoms with Gasteiger partial charge in [-0.25, -0.2) is 4.98 Å². The number of nitrogens with one attached hydrogen (secondary N) is 1. The van der Waals surface area contributed by atoms with Crippen molar-refractivity contribution < 1.29 is 0 Å². The average Bonchev–Trinajstić information content (AvgIpc) is 3.11. The topological polar surface area (TPSA) is 29.9 Å². The molecule has 0 aliphatic heterocycles. The van der Waals surface area contributed by atoms with Crippen LogP contribution in [0.5, 0.6) is 0 Å². The molecule has 1 aromatic carbocycles. The van der Waals surface area contributed by atoms with Gasteiger partial charge in [0.2, 0.25) is 0 Å². The van der Waals surface area contributed by atoms with E-state index in [-0.39, 0.29) is 0 Å². The monoisotopic (exact) mass is 255 g/mol. The molecule has 100 valence electrons. The molecular formula is C16H21N3. The molecule has 1 aromatic heterocycles. The molecule has 1 N–H and O–H groups in total. The Morgan fingerprint density at radius 1 is 1.26 bits per heavy atom. The van der Waals surface area contributed by atoms with Crippen molar-refractivity contribution in [1.29, 1.82) is 0 Å². The van der Waals surface area contributed by atoms with Crippen LogP contribution >= 0.6 is 0 Å². The lowest BCUT2D eigenvalue weighted by molar-refractivity contribution is 0.687. The number of imidazole rings is 1. The molecule has 2 aromatic rings. The minimum absolute atomic E-state index is 0.436. The minimum atomic E-state index is 0.436. The van der Waals surface area contributed by atoms with Crippen molar-refractivity contribution in [2.24, 2.45) is 0 Å².